The van der Waals surface area contributed by atoms with Crippen molar-refractivity contribution in [1.82, 2.24) is 9.78 Å². The first kappa shape index (κ1) is 13.2. The zero-order valence-corrected chi connectivity index (χ0v) is 10.5. The predicted molar refractivity (Wildman–Crippen MR) is 65.2 cm³/mol. The maximum atomic E-state index is 12.0. The number of aryl methyl sites for hydroxylation is 1. The summed E-state index contributed by atoms with van der Waals surface area (Å²) in [6, 6.07) is 3.84. The summed E-state index contributed by atoms with van der Waals surface area (Å²) in [7, 11) is 0. The largest absolute Gasteiger partial charge is 0.308 e. The van der Waals surface area contributed by atoms with Crippen LogP contribution in [0.2, 0.25) is 0 Å². The van der Waals surface area contributed by atoms with Gasteiger partial charge in [-0.2, -0.15) is 10.4 Å². The Labute approximate surface area is 101 Å². The fraction of sp³-hybridized carbons (Fsp3) is 0.583. The maximum Gasteiger partial charge on any atom is 0.246 e. The highest BCUT2D eigenvalue weighted by Crippen LogP contribution is 2.26. The van der Waals surface area contributed by atoms with E-state index < -0.39 is 5.41 Å². The van der Waals surface area contributed by atoms with Gasteiger partial charge < -0.3 is 5.32 Å². The topological polar surface area (TPSA) is 70.7 Å². The molecule has 17 heavy (non-hydrogen) atoms. The molecule has 0 saturated heterocycles. The first-order valence-electron chi connectivity index (χ1n) is 5.88. The van der Waals surface area contributed by atoms with Crippen molar-refractivity contribution in [3.63, 3.8) is 0 Å². The highest BCUT2D eigenvalue weighted by molar-refractivity contribution is 5.96. The third kappa shape index (κ3) is 2.64. The van der Waals surface area contributed by atoms with Crippen molar-refractivity contribution in [3.05, 3.63) is 12.3 Å². The molecular formula is C12H18N4O. The van der Waals surface area contributed by atoms with Crippen molar-refractivity contribution in [2.75, 3.05) is 5.32 Å². The molecule has 0 aliphatic rings. The lowest BCUT2D eigenvalue weighted by atomic mass is 9.83. The van der Waals surface area contributed by atoms with Crippen LogP contribution < -0.4 is 5.32 Å². The van der Waals surface area contributed by atoms with E-state index in [4.69, 9.17) is 5.26 Å². The molecule has 1 N–H and O–H groups in total. The summed E-state index contributed by atoms with van der Waals surface area (Å²) >= 11 is 0. The van der Waals surface area contributed by atoms with Crippen LogP contribution in [-0.2, 0) is 11.3 Å². The van der Waals surface area contributed by atoms with E-state index >= 15 is 0 Å². The lowest BCUT2D eigenvalue weighted by Gasteiger charge is -2.21. The van der Waals surface area contributed by atoms with E-state index in [-0.39, 0.29) is 5.91 Å². The molecule has 1 aromatic rings. The number of nitriles is 1. The minimum atomic E-state index is -0.948. The van der Waals surface area contributed by atoms with Gasteiger partial charge in [0.25, 0.3) is 0 Å². The minimum absolute atomic E-state index is 0.272. The number of carbonyl (C=O) groups excluding carboxylic acids is 1. The highest BCUT2D eigenvalue weighted by atomic mass is 16.2. The Bertz CT molecular complexity index is 426. The number of hydrogen-bond donors (Lipinski definition) is 1. The minimum Gasteiger partial charge on any atom is -0.308 e. The summed E-state index contributed by atoms with van der Waals surface area (Å²) in [6.45, 7) is 6.41. The molecule has 1 heterocycles. The Hall–Kier alpha value is -1.83. The summed E-state index contributed by atoms with van der Waals surface area (Å²) in [4.78, 5) is 12.0. The number of amides is 1. The Balaban J connectivity index is 2.81. The second-order valence-electron chi connectivity index (χ2n) is 3.91. The zero-order valence-electron chi connectivity index (χ0n) is 10.5. The molecule has 0 aromatic carbocycles. The molecule has 0 unspecified atom stereocenters. The second-order valence-corrected chi connectivity index (χ2v) is 3.91. The number of anilines is 1. The second kappa shape index (κ2) is 5.48. The van der Waals surface area contributed by atoms with E-state index in [0.29, 0.717) is 18.7 Å². The van der Waals surface area contributed by atoms with E-state index in [1.807, 2.05) is 20.8 Å². The van der Waals surface area contributed by atoms with Gasteiger partial charge >= 0.3 is 0 Å². The summed E-state index contributed by atoms with van der Waals surface area (Å²) in [6.07, 6.45) is 2.79. The van der Waals surface area contributed by atoms with Gasteiger partial charge in [0.05, 0.1) is 6.07 Å². The summed E-state index contributed by atoms with van der Waals surface area (Å²) in [5, 5.41) is 16.0. The summed E-state index contributed by atoms with van der Waals surface area (Å²) in [5.74, 6) is 0.227. The van der Waals surface area contributed by atoms with E-state index in [2.05, 4.69) is 16.5 Å². The van der Waals surface area contributed by atoms with Crippen LogP contribution in [-0.4, -0.2) is 15.7 Å². The summed E-state index contributed by atoms with van der Waals surface area (Å²) < 4.78 is 1.72. The normalized spacial score (nSPS) is 10.9. The van der Waals surface area contributed by atoms with E-state index in [0.717, 1.165) is 6.54 Å². The van der Waals surface area contributed by atoms with E-state index in [1.165, 1.54) is 0 Å². The van der Waals surface area contributed by atoms with E-state index in [9.17, 15) is 4.79 Å². The van der Waals surface area contributed by atoms with Crippen molar-refractivity contribution < 1.29 is 4.79 Å². The molecule has 0 fully saturated rings. The molecule has 1 rings (SSSR count). The van der Waals surface area contributed by atoms with Gasteiger partial charge in [0.2, 0.25) is 5.91 Å². The van der Waals surface area contributed by atoms with Crippen molar-refractivity contribution in [3.8, 4) is 6.07 Å². The Morgan fingerprint density at radius 3 is 2.59 bits per heavy atom. The first-order valence-corrected chi connectivity index (χ1v) is 5.88. The Kier molecular flexibility index (Phi) is 4.27. The Morgan fingerprint density at radius 1 is 1.53 bits per heavy atom. The first-order chi connectivity index (χ1) is 8.11. The molecule has 5 heteroatoms. The molecule has 92 valence electrons. The number of carbonyl (C=O) groups is 1. The van der Waals surface area contributed by atoms with Crippen LogP contribution >= 0.6 is 0 Å². The molecule has 0 bridgehead atoms. The van der Waals surface area contributed by atoms with Crippen LogP contribution in [0.5, 0.6) is 0 Å². The predicted octanol–water partition coefficient (Wildman–Crippen LogP) is 2.17. The molecule has 0 aliphatic heterocycles. The molecule has 0 radical (unpaired) electrons. The van der Waals surface area contributed by atoms with Crippen LogP contribution in [0.4, 0.5) is 5.82 Å². The lowest BCUT2D eigenvalue weighted by Crippen LogP contribution is -2.34. The standard InChI is InChI=1S/C12H18N4O/c1-4-12(5-2,9-13)11(17)14-10-7-8-16(6-3)15-10/h7-8H,4-6H2,1-3H3,(H,14,15,17). The van der Waals surface area contributed by atoms with Gasteiger partial charge in [-0.05, 0) is 19.8 Å². The number of nitrogens with zero attached hydrogens (tertiary/aromatic N) is 3. The monoisotopic (exact) mass is 234 g/mol. The van der Waals surface area contributed by atoms with Gasteiger partial charge in [0.1, 0.15) is 5.41 Å². The summed E-state index contributed by atoms with van der Waals surface area (Å²) in [5.41, 5.74) is -0.948. The smallest absolute Gasteiger partial charge is 0.246 e. The van der Waals surface area contributed by atoms with Gasteiger partial charge in [0, 0.05) is 18.8 Å². The fourth-order valence-electron chi connectivity index (χ4n) is 1.62. The van der Waals surface area contributed by atoms with Gasteiger partial charge in [-0.1, -0.05) is 13.8 Å². The molecular weight excluding hydrogens is 216 g/mol. The van der Waals surface area contributed by atoms with Gasteiger partial charge in [-0.15, -0.1) is 0 Å². The quantitative estimate of drug-likeness (QED) is 0.848. The maximum absolute atomic E-state index is 12.0. The van der Waals surface area contributed by atoms with Crippen LogP contribution in [0.3, 0.4) is 0 Å². The molecule has 5 nitrogen and oxygen atoms in total. The van der Waals surface area contributed by atoms with Crippen LogP contribution in [0, 0.1) is 16.7 Å². The third-order valence-corrected chi connectivity index (χ3v) is 3.06. The average molecular weight is 234 g/mol. The van der Waals surface area contributed by atoms with Crippen molar-refractivity contribution in [2.24, 2.45) is 5.41 Å². The molecule has 0 saturated carbocycles. The molecule has 0 spiro atoms. The number of aromatic nitrogens is 2. The molecule has 1 amide bonds. The van der Waals surface area contributed by atoms with Gasteiger partial charge in [-0.25, -0.2) is 0 Å². The fourth-order valence-corrected chi connectivity index (χ4v) is 1.62. The lowest BCUT2D eigenvalue weighted by molar-refractivity contribution is -0.123. The Morgan fingerprint density at radius 2 is 2.18 bits per heavy atom. The number of nitrogens with one attached hydrogen (secondary N) is 1. The number of hydrogen-bond acceptors (Lipinski definition) is 3. The van der Waals surface area contributed by atoms with Crippen molar-refractivity contribution in [2.45, 2.75) is 40.2 Å². The van der Waals surface area contributed by atoms with Gasteiger partial charge in [0.15, 0.2) is 5.82 Å². The molecule has 0 aliphatic carbocycles. The average Bonchev–Trinajstić information content (AvgIpc) is 2.80. The molecule has 1 aromatic heterocycles. The van der Waals surface area contributed by atoms with Crippen molar-refractivity contribution in [1.29, 1.82) is 5.26 Å². The zero-order chi connectivity index (χ0) is 12.9. The van der Waals surface area contributed by atoms with Gasteiger partial charge in [-0.3, -0.25) is 9.48 Å². The van der Waals surface area contributed by atoms with Crippen LogP contribution in [0.1, 0.15) is 33.6 Å². The molecule has 0 atom stereocenters. The highest BCUT2D eigenvalue weighted by Gasteiger charge is 2.35. The third-order valence-electron chi connectivity index (χ3n) is 3.06. The van der Waals surface area contributed by atoms with Crippen LogP contribution in [0.25, 0.3) is 0 Å². The van der Waals surface area contributed by atoms with Crippen LogP contribution in [0.15, 0.2) is 12.3 Å². The number of rotatable bonds is 5. The van der Waals surface area contributed by atoms with Crippen molar-refractivity contribution >= 4 is 11.7 Å². The van der Waals surface area contributed by atoms with E-state index in [1.54, 1.807) is 16.9 Å². The SMILES string of the molecule is CCn1ccc(NC(=O)C(C#N)(CC)CC)n1.